The van der Waals surface area contributed by atoms with Crippen molar-refractivity contribution in [3.8, 4) is 0 Å². The average molecular weight is 343 g/mol. The summed E-state index contributed by atoms with van der Waals surface area (Å²) in [6.07, 6.45) is 7.77. The van der Waals surface area contributed by atoms with Gasteiger partial charge in [0.15, 0.2) is 0 Å². The molecule has 2 rings (SSSR count). The number of nitrogens with zero attached hydrogens (tertiary/aromatic N) is 3. The van der Waals surface area contributed by atoms with Crippen molar-refractivity contribution < 1.29 is 22.1 Å². The van der Waals surface area contributed by atoms with Gasteiger partial charge in [-0.25, -0.2) is 9.78 Å². The van der Waals surface area contributed by atoms with E-state index >= 15 is 0 Å². The summed E-state index contributed by atoms with van der Waals surface area (Å²) in [6, 6.07) is -0.151. The van der Waals surface area contributed by atoms with Gasteiger partial charge in [0.05, 0.1) is 25.2 Å². The number of hydrogen-bond donors (Lipinski definition) is 0. The molecule has 0 unspecified atom stereocenters. The van der Waals surface area contributed by atoms with Crippen molar-refractivity contribution in [1.82, 2.24) is 14.5 Å². The summed E-state index contributed by atoms with van der Waals surface area (Å²) in [7, 11) is -3.57. The topological polar surface area (TPSA) is 90.7 Å². The average Bonchev–Trinajstić information content (AvgIpc) is 3.10. The SMILES string of the molecule is C=CCOC(=O)N1C[C@H](OS(C)(=O)=O)C[C@H]1CCn1ccnc1. The van der Waals surface area contributed by atoms with Gasteiger partial charge in [0.2, 0.25) is 0 Å². The van der Waals surface area contributed by atoms with Crippen molar-refractivity contribution in [2.75, 3.05) is 19.4 Å². The lowest BCUT2D eigenvalue weighted by Crippen LogP contribution is -2.37. The van der Waals surface area contributed by atoms with Crippen molar-refractivity contribution >= 4 is 16.2 Å². The van der Waals surface area contributed by atoms with Gasteiger partial charge < -0.3 is 14.2 Å². The Labute approximate surface area is 135 Å². The number of carbonyl (C=O) groups is 1. The van der Waals surface area contributed by atoms with E-state index in [1.165, 1.54) is 11.0 Å². The molecule has 0 aliphatic carbocycles. The third-order valence-electron chi connectivity index (χ3n) is 3.53. The summed E-state index contributed by atoms with van der Waals surface area (Å²) in [5.74, 6) is 0. The van der Waals surface area contributed by atoms with E-state index in [0.29, 0.717) is 19.4 Å². The van der Waals surface area contributed by atoms with Crippen LogP contribution in [0.25, 0.3) is 0 Å². The molecular formula is C14H21N3O5S. The molecule has 1 aliphatic rings. The molecule has 1 aromatic rings. The van der Waals surface area contributed by atoms with Gasteiger partial charge in [-0.05, 0) is 12.8 Å². The Hall–Kier alpha value is -1.87. The first kappa shape index (κ1) is 17.5. The van der Waals surface area contributed by atoms with Crippen LogP contribution in [0.15, 0.2) is 31.4 Å². The summed E-state index contributed by atoms with van der Waals surface area (Å²) in [5, 5.41) is 0. The van der Waals surface area contributed by atoms with Crippen LogP contribution in [0.5, 0.6) is 0 Å². The number of imidazole rings is 1. The van der Waals surface area contributed by atoms with Crippen LogP contribution in [0.3, 0.4) is 0 Å². The molecule has 8 nitrogen and oxygen atoms in total. The Morgan fingerprint density at radius 3 is 2.91 bits per heavy atom. The number of ether oxygens (including phenoxy) is 1. The third kappa shape index (κ3) is 5.36. The molecule has 1 amide bonds. The number of aromatic nitrogens is 2. The first-order chi connectivity index (χ1) is 10.9. The summed E-state index contributed by atoms with van der Waals surface area (Å²) in [5.41, 5.74) is 0. The summed E-state index contributed by atoms with van der Waals surface area (Å²) < 4.78 is 34.6. The van der Waals surface area contributed by atoms with Crippen LogP contribution < -0.4 is 0 Å². The molecule has 0 bridgehead atoms. The number of carbonyl (C=O) groups excluding carboxylic acids is 1. The minimum Gasteiger partial charge on any atom is -0.445 e. The largest absolute Gasteiger partial charge is 0.445 e. The second-order valence-electron chi connectivity index (χ2n) is 5.42. The van der Waals surface area contributed by atoms with E-state index in [0.717, 1.165) is 6.26 Å². The van der Waals surface area contributed by atoms with Gasteiger partial charge in [-0.2, -0.15) is 8.42 Å². The molecule has 0 spiro atoms. The zero-order chi connectivity index (χ0) is 16.9. The van der Waals surface area contributed by atoms with Crippen molar-refractivity contribution in [3.05, 3.63) is 31.4 Å². The molecule has 0 saturated carbocycles. The number of rotatable bonds is 7. The third-order valence-corrected chi connectivity index (χ3v) is 4.15. The Bertz CT molecular complexity index is 629. The molecule has 2 heterocycles. The van der Waals surface area contributed by atoms with Crippen molar-refractivity contribution in [3.63, 3.8) is 0 Å². The molecule has 9 heteroatoms. The molecule has 1 aliphatic heterocycles. The van der Waals surface area contributed by atoms with Gasteiger partial charge in [-0.3, -0.25) is 4.18 Å². The van der Waals surface area contributed by atoms with Crippen LogP contribution in [0.4, 0.5) is 4.79 Å². The van der Waals surface area contributed by atoms with Crippen LogP contribution in [-0.4, -0.2) is 60.5 Å². The minimum absolute atomic E-state index is 0.112. The van der Waals surface area contributed by atoms with Crippen LogP contribution >= 0.6 is 0 Å². The maximum absolute atomic E-state index is 12.1. The lowest BCUT2D eigenvalue weighted by Gasteiger charge is -2.23. The van der Waals surface area contributed by atoms with Gasteiger partial charge in [0.1, 0.15) is 6.61 Å². The van der Waals surface area contributed by atoms with Gasteiger partial charge >= 0.3 is 6.09 Å². The van der Waals surface area contributed by atoms with Crippen LogP contribution in [0, 0.1) is 0 Å². The molecule has 1 fully saturated rings. The van der Waals surface area contributed by atoms with Crippen molar-refractivity contribution in [2.45, 2.75) is 31.5 Å². The highest BCUT2D eigenvalue weighted by molar-refractivity contribution is 7.86. The monoisotopic (exact) mass is 343 g/mol. The van der Waals surface area contributed by atoms with Gasteiger partial charge in [0.25, 0.3) is 10.1 Å². The normalized spacial score (nSPS) is 21.3. The molecule has 1 aromatic heterocycles. The predicted molar refractivity (Wildman–Crippen MR) is 83.2 cm³/mol. The molecule has 128 valence electrons. The number of likely N-dealkylation sites (tertiary alicyclic amines) is 1. The fourth-order valence-electron chi connectivity index (χ4n) is 2.62. The first-order valence-electron chi connectivity index (χ1n) is 7.27. The molecule has 0 N–H and O–H groups in total. The Kier molecular flexibility index (Phi) is 5.78. The minimum atomic E-state index is -3.57. The van der Waals surface area contributed by atoms with Crippen molar-refractivity contribution in [2.24, 2.45) is 0 Å². The number of amides is 1. The molecule has 2 atom stereocenters. The highest BCUT2D eigenvalue weighted by Gasteiger charge is 2.38. The fourth-order valence-corrected chi connectivity index (χ4v) is 3.25. The van der Waals surface area contributed by atoms with E-state index in [1.807, 2.05) is 10.8 Å². The summed E-state index contributed by atoms with van der Waals surface area (Å²) >= 11 is 0. The van der Waals surface area contributed by atoms with Crippen LogP contribution in [-0.2, 0) is 25.6 Å². The quantitative estimate of drug-likeness (QED) is 0.542. The molecular weight excluding hydrogens is 322 g/mol. The van der Waals surface area contributed by atoms with Gasteiger partial charge in [-0.15, -0.1) is 0 Å². The Morgan fingerprint density at radius 2 is 2.30 bits per heavy atom. The second-order valence-corrected chi connectivity index (χ2v) is 7.02. The molecule has 1 saturated heterocycles. The first-order valence-corrected chi connectivity index (χ1v) is 9.09. The summed E-state index contributed by atoms with van der Waals surface area (Å²) in [4.78, 5) is 17.6. The smallest absolute Gasteiger partial charge is 0.410 e. The van der Waals surface area contributed by atoms with E-state index < -0.39 is 22.3 Å². The zero-order valence-corrected chi connectivity index (χ0v) is 13.8. The number of aryl methyl sites for hydroxylation is 1. The zero-order valence-electron chi connectivity index (χ0n) is 13.0. The lowest BCUT2D eigenvalue weighted by molar-refractivity contribution is 0.102. The maximum Gasteiger partial charge on any atom is 0.410 e. The van der Waals surface area contributed by atoms with Gasteiger partial charge in [-0.1, -0.05) is 12.7 Å². The standard InChI is InChI=1S/C14H21N3O5S/c1-3-8-21-14(18)17-10-13(22-23(2,19)20)9-12(17)4-6-16-7-5-15-11-16/h3,5,7,11-13H,1,4,6,8-10H2,2H3/t12-,13-/m1/s1. The maximum atomic E-state index is 12.1. The lowest BCUT2D eigenvalue weighted by atomic mass is 10.1. The highest BCUT2D eigenvalue weighted by atomic mass is 32.2. The van der Waals surface area contributed by atoms with Crippen LogP contribution in [0.1, 0.15) is 12.8 Å². The highest BCUT2D eigenvalue weighted by Crippen LogP contribution is 2.25. The van der Waals surface area contributed by atoms with E-state index in [4.69, 9.17) is 8.92 Å². The van der Waals surface area contributed by atoms with Gasteiger partial charge in [0, 0.05) is 25.0 Å². The van der Waals surface area contributed by atoms with E-state index in [2.05, 4.69) is 11.6 Å². The van der Waals surface area contributed by atoms with Crippen molar-refractivity contribution in [1.29, 1.82) is 0 Å². The number of hydrogen-bond acceptors (Lipinski definition) is 6. The molecule has 0 radical (unpaired) electrons. The second kappa shape index (κ2) is 7.60. The Morgan fingerprint density at radius 1 is 1.52 bits per heavy atom. The van der Waals surface area contributed by atoms with E-state index in [-0.39, 0.29) is 19.2 Å². The summed E-state index contributed by atoms with van der Waals surface area (Å²) in [6.45, 7) is 4.47. The molecule has 0 aromatic carbocycles. The Balaban J connectivity index is 2.00. The van der Waals surface area contributed by atoms with E-state index in [1.54, 1.807) is 12.5 Å². The molecule has 23 heavy (non-hydrogen) atoms. The van der Waals surface area contributed by atoms with E-state index in [9.17, 15) is 13.2 Å². The van der Waals surface area contributed by atoms with Crippen LogP contribution in [0.2, 0.25) is 0 Å². The predicted octanol–water partition coefficient (Wildman–Crippen LogP) is 1.01. The fraction of sp³-hybridized carbons (Fsp3) is 0.571.